The first-order valence-electron chi connectivity index (χ1n) is 10.7. The van der Waals surface area contributed by atoms with E-state index in [1.54, 1.807) is 0 Å². The van der Waals surface area contributed by atoms with Crippen molar-refractivity contribution in [2.75, 3.05) is 31.2 Å². The quantitative estimate of drug-likeness (QED) is 0.313. The number of morpholine rings is 1. The Kier molecular flexibility index (Phi) is 4.17. The average molecular weight is 389 g/mol. The second-order valence-electron chi connectivity index (χ2n) is 7.97. The number of hydrogen-bond acceptors (Lipinski definition) is 2. The molecular formula is C28H23NO. The van der Waals surface area contributed by atoms with Crippen molar-refractivity contribution >= 4 is 38.0 Å². The Balaban J connectivity index is 1.69. The molecule has 146 valence electrons. The number of anilines is 1. The standard InChI is InChI=1S/C28H23NO/c1-3-9-22-20(7-1)19-21-8-2-4-10-23(21)28(22)26-13-14-27(29-15-17-30-18-16-29)25-12-6-5-11-24(25)26/h1-14,19H,15-18H2. The second kappa shape index (κ2) is 7.16. The molecule has 1 aliphatic heterocycles. The van der Waals surface area contributed by atoms with Crippen molar-refractivity contribution in [3.8, 4) is 11.1 Å². The molecule has 0 aliphatic carbocycles. The molecule has 5 aromatic rings. The lowest BCUT2D eigenvalue weighted by Gasteiger charge is -2.30. The molecule has 0 atom stereocenters. The van der Waals surface area contributed by atoms with Crippen LogP contribution in [0.1, 0.15) is 0 Å². The maximum atomic E-state index is 5.58. The van der Waals surface area contributed by atoms with E-state index in [0.717, 1.165) is 26.3 Å². The van der Waals surface area contributed by atoms with Gasteiger partial charge in [0.2, 0.25) is 0 Å². The Morgan fingerprint density at radius 1 is 0.567 bits per heavy atom. The van der Waals surface area contributed by atoms with Crippen molar-refractivity contribution in [2.24, 2.45) is 0 Å². The molecule has 0 bridgehead atoms. The number of fused-ring (bicyclic) bond motifs is 3. The number of ether oxygens (including phenoxy) is 1. The Morgan fingerprint density at radius 3 is 1.80 bits per heavy atom. The summed E-state index contributed by atoms with van der Waals surface area (Å²) in [7, 11) is 0. The van der Waals surface area contributed by atoms with Gasteiger partial charge in [0.05, 0.1) is 13.2 Å². The van der Waals surface area contributed by atoms with Crippen molar-refractivity contribution in [2.45, 2.75) is 0 Å². The fourth-order valence-corrected chi connectivity index (χ4v) is 4.89. The molecule has 0 spiro atoms. The fraction of sp³-hybridized carbons (Fsp3) is 0.143. The first-order chi connectivity index (χ1) is 14.9. The summed E-state index contributed by atoms with van der Waals surface area (Å²) in [4.78, 5) is 2.46. The average Bonchev–Trinajstić information content (AvgIpc) is 2.82. The third-order valence-electron chi connectivity index (χ3n) is 6.29. The summed E-state index contributed by atoms with van der Waals surface area (Å²) in [6.07, 6.45) is 0. The van der Waals surface area contributed by atoms with Crippen molar-refractivity contribution in [1.29, 1.82) is 0 Å². The van der Waals surface area contributed by atoms with E-state index in [1.807, 2.05) is 0 Å². The largest absolute Gasteiger partial charge is 0.378 e. The van der Waals surface area contributed by atoms with E-state index in [0.29, 0.717) is 0 Å². The van der Waals surface area contributed by atoms with Crippen LogP contribution in [-0.4, -0.2) is 26.3 Å². The van der Waals surface area contributed by atoms with E-state index < -0.39 is 0 Å². The lowest BCUT2D eigenvalue weighted by atomic mass is 9.89. The smallest absolute Gasteiger partial charge is 0.0642 e. The van der Waals surface area contributed by atoms with Crippen molar-refractivity contribution in [3.63, 3.8) is 0 Å². The summed E-state index contributed by atoms with van der Waals surface area (Å²) >= 11 is 0. The van der Waals surface area contributed by atoms with Gasteiger partial charge in [-0.1, -0.05) is 78.9 Å². The van der Waals surface area contributed by atoms with Gasteiger partial charge >= 0.3 is 0 Å². The zero-order chi connectivity index (χ0) is 19.9. The lowest BCUT2D eigenvalue weighted by molar-refractivity contribution is 0.123. The van der Waals surface area contributed by atoms with Crippen LogP contribution in [0.2, 0.25) is 0 Å². The molecule has 0 N–H and O–H groups in total. The van der Waals surface area contributed by atoms with Crippen LogP contribution >= 0.6 is 0 Å². The summed E-state index contributed by atoms with van der Waals surface area (Å²) in [6, 6.07) is 33.2. The maximum absolute atomic E-state index is 5.58. The molecule has 5 aromatic carbocycles. The Labute approximate surface area is 176 Å². The van der Waals surface area contributed by atoms with Gasteiger partial charge in [-0.15, -0.1) is 0 Å². The van der Waals surface area contributed by atoms with E-state index >= 15 is 0 Å². The molecule has 0 unspecified atom stereocenters. The molecule has 6 rings (SSSR count). The molecule has 1 aliphatic rings. The molecule has 1 heterocycles. The predicted octanol–water partition coefficient (Wildman–Crippen LogP) is 6.65. The van der Waals surface area contributed by atoms with E-state index in [9.17, 15) is 0 Å². The van der Waals surface area contributed by atoms with Crippen LogP contribution in [0, 0.1) is 0 Å². The third-order valence-corrected chi connectivity index (χ3v) is 6.29. The first kappa shape index (κ1) is 17.5. The van der Waals surface area contributed by atoms with Gasteiger partial charge in [0.1, 0.15) is 0 Å². The normalized spacial score (nSPS) is 14.6. The van der Waals surface area contributed by atoms with E-state index in [4.69, 9.17) is 4.74 Å². The minimum atomic E-state index is 0.796. The molecule has 1 fully saturated rings. The van der Waals surface area contributed by atoms with E-state index in [2.05, 4.69) is 95.9 Å². The van der Waals surface area contributed by atoms with Gasteiger partial charge in [0, 0.05) is 24.2 Å². The summed E-state index contributed by atoms with van der Waals surface area (Å²) in [5.41, 5.74) is 3.94. The molecule has 2 nitrogen and oxygen atoms in total. The minimum absolute atomic E-state index is 0.796. The Morgan fingerprint density at radius 2 is 1.13 bits per heavy atom. The zero-order valence-corrected chi connectivity index (χ0v) is 16.8. The number of rotatable bonds is 2. The monoisotopic (exact) mass is 389 g/mol. The fourth-order valence-electron chi connectivity index (χ4n) is 4.89. The molecular weight excluding hydrogens is 366 g/mol. The molecule has 0 saturated carbocycles. The molecule has 2 heteroatoms. The summed E-state index contributed by atoms with van der Waals surface area (Å²) in [5.74, 6) is 0. The second-order valence-corrected chi connectivity index (χ2v) is 7.97. The van der Waals surface area contributed by atoms with Crippen LogP contribution in [0.3, 0.4) is 0 Å². The van der Waals surface area contributed by atoms with Crippen LogP contribution in [0.4, 0.5) is 5.69 Å². The summed E-state index contributed by atoms with van der Waals surface area (Å²) in [6.45, 7) is 3.48. The Bertz CT molecular complexity index is 1330. The van der Waals surface area contributed by atoms with E-state index in [-0.39, 0.29) is 0 Å². The minimum Gasteiger partial charge on any atom is -0.378 e. The predicted molar refractivity (Wildman–Crippen MR) is 127 cm³/mol. The van der Waals surface area contributed by atoms with Crippen LogP contribution in [0.25, 0.3) is 43.4 Å². The maximum Gasteiger partial charge on any atom is 0.0642 e. The van der Waals surface area contributed by atoms with Crippen LogP contribution in [-0.2, 0) is 4.74 Å². The molecule has 0 amide bonds. The lowest BCUT2D eigenvalue weighted by Crippen LogP contribution is -2.36. The highest BCUT2D eigenvalue weighted by molar-refractivity contribution is 6.17. The van der Waals surface area contributed by atoms with Gasteiger partial charge in [-0.2, -0.15) is 0 Å². The Hall–Kier alpha value is -3.36. The first-order valence-corrected chi connectivity index (χ1v) is 10.7. The van der Waals surface area contributed by atoms with Gasteiger partial charge in [-0.05, 0) is 50.2 Å². The topological polar surface area (TPSA) is 12.5 Å². The molecule has 1 saturated heterocycles. The number of hydrogen-bond donors (Lipinski definition) is 0. The molecule has 30 heavy (non-hydrogen) atoms. The van der Waals surface area contributed by atoms with Crippen molar-refractivity contribution in [1.82, 2.24) is 0 Å². The summed E-state index contributed by atoms with van der Waals surface area (Å²) < 4.78 is 5.58. The van der Waals surface area contributed by atoms with Gasteiger partial charge in [0.15, 0.2) is 0 Å². The van der Waals surface area contributed by atoms with Gasteiger partial charge in [-0.25, -0.2) is 0 Å². The van der Waals surface area contributed by atoms with Gasteiger partial charge in [0.25, 0.3) is 0 Å². The zero-order valence-electron chi connectivity index (χ0n) is 16.8. The summed E-state index contributed by atoms with van der Waals surface area (Å²) in [5, 5.41) is 7.80. The van der Waals surface area contributed by atoms with Crippen LogP contribution in [0.5, 0.6) is 0 Å². The molecule has 0 aromatic heterocycles. The highest BCUT2D eigenvalue weighted by atomic mass is 16.5. The third kappa shape index (κ3) is 2.76. The highest BCUT2D eigenvalue weighted by Gasteiger charge is 2.17. The van der Waals surface area contributed by atoms with Crippen molar-refractivity contribution < 1.29 is 4.74 Å². The van der Waals surface area contributed by atoms with Gasteiger partial charge in [-0.3, -0.25) is 0 Å². The van der Waals surface area contributed by atoms with Crippen molar-refractivity contribution in [3.05, 3.63) is 91.0 Å². The molecule has 0 radical (unpaired) electrons. The number of benzene rings is 5. The van der Waals surface area contributed by atoms with Crippen LogP contribution in [0.15, 0.2) is 91.0 Å². The highest BCUT2D eigenvalue weighted by Crippen LogP contribution is 2.41. The van der Waals surface area contributed by atoms with Gasteiger partial charge < -0.3 is 9.64 Å². The number of nitrogens with zero attached hydrogens (tertiary/aromatic N) is 1. The SMILES string of the molecule is c1ccc2c(-c3ccc(N4CCOCC4)c4ccccc34)c3ccccc3cc2c1. The van der Waals surface area contributed by atoms with E-state index in [1.165, 1.54) is 49.1 Å². The van der Waals surface area contributed by atoms with Crippen LogP contribution < -0.4 is 4.90 Å².